The van der Waals surface area contributed by atoms with Crippen molar-refractivity contribution in [2.24, 2.45) is 5.16 Å². The number of anilines is 1. The minimum absolute atomic E-state index is 0.0419. The first-order valence-corrected chi connectivity index (χ1v) is 13.9. The topological polar surface area (TPSA) is 221 Å². The summed E-state index contributed by atoms with van der Waals surface area (Å²) in [4.78, 5) is 49.1. The highest BCUT2D eigenvalue weighted by molar-refractivity contribution is 8.00. The lowest BCUT2D eigenvalue weighted by atomic mass is 10.0. The van der Waals surface area contributed by atoms with Crippen LogP contribution in [0.3, 0.4) is 0 Å². The quantitative estimate of drug-likeness (QED) is 0.100. The number of amides is 2. The van der Waals surface area contributed by atoms with Gasteiger partial charge in [-0.2, -0.15) is 14.6 Å². The van der Waals surface area contributed by atoms with E-state index in [-0.39, 0.29) is 35.5 Å². The zero-order valence-electron chi connectivity index (χ0n) is 20.0. The van der Waals surface area contributed by atoms with E-state index in [1.54, 1.807) is 23.9 Å². The molecule has 2 amide bonds. The molecule has 1 unspecified atom stereocenters. The lowest BCUT2D eigenvalue weighted by Crippen LogP contribution is -2.71. The van der Waals surface area contributed by atoms with E-state index in [9.17, 15) is 19.5 Å². The number of hydrogen-bond acceptors (Lipinski definition) is 15. The zero-order chi connectivity index (χ0) is 27.5. The van der Waals surface area contributed by atoms with Crippen LogP contribution in [-0.4, -0.2) is 82.2 Å². The molecule has 1 saturated heterocycles. The molecular weight excluding hydrogens is 570 g/mol. The third-order valence-corrected chi connectivity index (χ3v) is 8.20. The average molecular weight is 590 g/mol. The van der Waals surface area contributed by atoms with Gasteiger partial charge in [-0.05, 0) is 23.9 Å². The largest absolute Gasteiger partial charge is 0.543 e. The Morgan fingerprint density at radius 1 is 1.41 bits per heavy atom. The van der Waals surface area contributed by atoms with Crippen LogP contribution in [0.4, 0.5) is 5.13 Å². The van der Waals surface area contributed by atoms with Gasteiger partial charge in [-0.25, -0.2) is 4.57 Å². The maximum absolute atomic E-state index is 13.0. The second-order valence-corrected chi connectivity index (χ2v) is 10.8. The number of β-lactam (4-membered cyclic amide) rings is 1. The number of nitrogen functional groups attached to an aromatic ring is 1. The molecule has 3 aromatic rings. The Hall–Kier alpha value is -4.10. The summed E-state index contributed by atoms with van der Waals surface area (Å²) in [5, 5.41) is 32.1. The number of carboxylic acids is 1. The van der Waals surface area contributed by atoms with Crippen LogP contribution < -0.4 is 20.7 Å². The van der Waals surface area contributed by atoms with Crippen molar-refractivity contribution >= 4 is 63.7 Å². The summed E-state index contributed by atoms with van der Waals surface area (Å²) in [5.41, 5.74) is 5.66. The van der Waals surface area contributed by atoms with E-state index in [1.807, 2.05) is 12.1 Å². The molecule has 19 heteroatoms. The SMILES string of the molecule is CCON=C(C(=O)NC1C(=O)N2C(C(=O)[O-])=C(C[n+]3ccc(Sc4nn[nH]n4)cc3)CS[C@H]12)c1nsc(N)n1. The molecule has 1 fully saturated rings. The molecule has 5 heterocycles. The average Bonchev–Trinajstić information content (AvgIpc) is 3.60. The van der Waals surface area contributed by atoms with Gasteiger partial charge in [-0.15, -0.1) is 22.0 Å². The van der Waals surface area contributed by atoms with Gasteiger partial charge in [0.05, 0.1) is 11.7 Å². The number of rotatable bonds is 10. The predicted molar refractivity (Wildman–Crippen MR) is 134 cm³/mol. The Morgan fingerprint density at radius 3 is 2.85 bits per heavy atom. The third kappa shape index (κ3) is 5.54. The number of nitrogens with one attached hydrogen (secondary N) is 2. The van der Waals surface area contributed by atoms with E-state index in [4.69, 9.17) is 10.6 Å². The van der Waals surface area contributed by atoms with Gasteiger partial charge in [-0.3, -0.25) is 14.5 Å². The number of carbonyl (C=O) groups is 3. The second-order valence-electron chi connectivity index (χ2n) is 7.92. The van der Waals surface area contributed by atoms with Crippen LogP contribution in [0.1, 0.15) is 12.7 Å². The molecule has 0 aromatic carbocycles. The van der Waals surface area contributed by atoms with Crippen LogP contribution in [-0.2, 0) is 25.8 Å². The van der Waals surface area contributed by atoms with Gasteiger partial charge in [0.1, 0.15) is 18.0 Å². The minimum atomic E-state index is -1.47. The van der Waals surface area contributed by atoms with Gasteiger partial charge < -0.3 is 25.8 Å². The summed E-state index contributed by atoms with van der Waals surface area (Å²) < 4.78 is 5.76. The smallest absolute Gasteiger partial charge is 0.278 e. The normalized spacial score (nSPS) is 18.9. The fourth-order valence-electron chi connectivity index (χ4n) is 3.79. The molecule has 202 valence electrons. The number of nitrogens with zero attached hydrogens (tertiary/aromatic N) is 8. The molecular formula is C20H19N11O5S3. The molecule has 0 radical (unpaired) electrons. The lowest BCUT2D eigenvalue weighted by Gasteiger charge is -2.50. The van der Waals surface area contributed by atoms with Gasteiger partial charge >= 0.3 is 0 Å². The Labute approximate surface area is 232 Å². The number of H-pyrrole nitrogens is 1. The van der Waals surface area contributed by atoms with Crippen LogP contribution in [0.2, 0.25) is 0 Å². The Balaban J connectivity index is 1.29. The number of hydrogen-bond donors (Lipinski definition) is 3. The molecule has 5 rings (SSSR count). The molecule has 3 aromatic heterocycles. The summed E-state index contributed by atoms with van der Waals surface area (Å²) in [6.45, 7) is 2.09. The number of carboxylic acid groups (broad SMARTS) is 1. The molecule has 0 saturated carbocycles. The Bertz CT molecular complexity index is 1460. The van der Waals surface area contributed by atoms with Crippen molar-refractivity contribution in [3.8, 4) is 0 Å². The maximum Gasteiger partial charge on any atom is 0.278 e. The predicted octanol–water partition coefficient (Wildman–Crippen LogP) is -2.08. The number of aliphatic carboxylic acids is 1. The van der Waals surface area contributed by atoms with Crippen molar-refractivity contribution in [2.75, 3.05) is 18.1 Å². The molecule has 2 aliphatic heterocycles. The van der Waals surface area contributed by atoms with Crippen LogP contribution >= 0.6 is 35.1 Å². The van der Waals surface area contributed by atoms with Crippen molar-refractivity contribution in [1.29, 1.82) is 0 Å². The van der Waals surface area contributed by atoms with E-state index in [1.165, 1.54) is 23.5 Å². The number of nitrogens with two attached hydrogens (primary N) is 1. The summed E-state index contributed by atoms with van der Waals surface area (Å²) in [7, 11) is 0. The molecule has 0 bridgehead atoms. The number of carbonyl (C=O) groups excluding carboxylic acids is 3. The molecule has 0 aliphatic carbocycles. The summed E-state index contributed by atoms with van der Waals surface area (Å²) in [6.07, 6.45) is 3.55. The molecule has 0 spiro atoms. The Morgan fingerprint density at radius 2 is 2.21 bits per heavy atom. The van der Waals surface area contributed by atoms with E-state index >= 15 is 0 Å². The van der Waals surface area contributed by atoms with E-state index in [2.05, 4.69) is 40.5 Å². The first kappa shape index (κ1) is 26.5. The van der Waals surface area contributed by atoms with Gasteiger partial charge in [0.2, 0.25) is 16.7 Å². The molecule has 2 aliphatic rings. The fraction of sp³-hybridized carbons (Fsp3) is 0.300. The van der Waals surface area contributed by atoms with Crippen molar-refractivity contribution in [1.82, 2.24) is 40.2 Å². The van der Waals surface area contributed by atoms with Crippen molar-refractivity contribution in [3.05, 3.63) is 41.6 Å². The van der Waals surface area contributed by atoms with Gasteiger partial charge in [-0.1, -0.05) is 5.16 Å². The van der Waals surface area contributed by atoms with Crippen molar-refractivity contribution < 1.29 is 28.9 Å². The summed E-state index contributed by atoms with van der Waals surface area (Å²) >= 11 is 3.51. The number of tetrazole rings is 1. The van der Waals surface area contributed by atoms with Gasteiger partial charge in [0, 0.05) is 39.9 Å². The standard InChI is InChI=1S/C20H19N11O5S3/c1-2-36-26-11(14-23-19(21)39-27-14)15(32)22-12-16(33)31-13(18(34)35)9(8-37-17(12)31)7-30-5-3-10(4-6-30)38-20-24-28-29-25-20/h3-6,12,17H,2,7-8H2,1H3,(H4-,21,22,23,24,25,27,28,29,32,34,35)/t12?,17-/m1/s1. The first-order chi connectivity index (χ1) is 18.9. The third-order valence-electron chi connectivity index (χ3n) is 5.45. The molecule has 39 heavy (non-hydrogen) atoms. The maximum atomic E-state index is 13.0. The number of fused-ring (bicyclic) bond motifs is 1. The summed E-state index contributed by atoms with van der Waals surface area (Å²) in [6, 6.07) is 2.66. The van der Waals surface area contributed by atoms with E-state index in [0.717, 1.165) is 21.3 Å². The first-order valence-electron chi connectivity index (χ1n) is 11.2. The number of pyridine rings is 1. The minimum Gasteiger partial charge on any atom is -0.543 e. The fourth-order valence-corrected chi connectivity index (χ4v) is 6.19. The monoisotopic (exact) mass is 589 g/mol. The van der Waals surface area contributed by atoms with E-state index < -0.39 is 29.2 Å². The molecule has 4 N–H and O–H groups in total. The molecule has 2 atom stereocenters. The summed E-state index contributed by atoms with van der Waals surface area (Å²) in [5.74, 6) is -2.55. The highest BCUT2D eigenvalue weighted by Gasteiger charge is 2.53. The lowest BCUT2D eigenvalue weighted by molar-refractivity contribution is -0.689. The van der Waals surface area contributed by atoms with Crippen LogP contribution in [0, 0.1) is 0 Å². The molecule has 16 nitrogen and oxygen atoms in total. The second kappa shape index (κ2) is 11.3. The number of aromatic nitrogens is 7. The van der Waals surface area contributed by atoms with Crippen LogP contribution in [0.15, 0.2) is 51.0 Å². The highest BCUT2D eigenvalue weighted by atomic mass is 32.2. The zero-order valence-corrected chi connectivity index (χ0v) is 22.5. The van der Waals surface area contributed by atoms with Crippen LogP contribution in [0.25, 0.3) is 0 Å². The van der Waals surface area contributed by atoms with Gasteiger partial charge in [0.25, 0.3) is 11.8 Å². The van der Waals surface area contributed by atoms with Crippen LogP contribution in [0.5, 0.6) is 0 Å². The number of thioether (sulfide) groups is 1. The Kier molecular flexibility index (Phi) is 7.70. The number of oxime groups is 1. The van der Waals surface area contributed by atoms with Gasteiger partial charge in [0.15, 0.2) is 24.1 Å². The van der Waals surface area contributed by atoms with Crippen molar-refractivity contribution in [3.63, 3.8) is 0 Å². The number of aromatic amines is 1. The van der Waals surface area contributed by atoms with Crippen molar-refractivity contribution in [2.45, 2.75) is 34.9 Å². The highest BCUT2D eigenvalue weighted by Crippen LogP contribution is 2.40. The van der Waals surface area contributed by atoms with E-state index in [0.29, 0.717) is 16.5 Å².